The topological polar surface area (TPSA) is 80.5 Å². The third-order valence-corrected chi connectivity index (χ3v) is 5.47. The summed E-state index contributed by atoms with van der Waals surface area (Å²) < 4.78 is 0. The summed E-state index contributed by atoms with van der Waals surface area (Å²) >= 11 is 12.1. The molecule has 26 heavy (non-hydrogen) atoms. The molecule has 0 saturated heterocycles. The number of halogens is 2. The van der Waals surface area contributed by atoms with Crippen LogP contribution >= 0.6 is 23.2 Å². The van der Waals surface area contributed by atoms with Gasteiger partial charge < -0.3 is 15.4 Å². The van der Waals surface area contributed by atoms with E-state index in [4.69, 9.17) is 28.9 Å². The second-order valence-electron chi connectivity index (χ2n) is 6.21. The van der Waals surface area contributed by atoms with Crippen molar-refractivity contribution in [1.82, 2.24) is 4.90 Å². The van der Waals surface area contributed by atoms with Crippen molar-refractivity contribution in [2.45, 2.75) is 18.4 Å². The summed E-state index contributed by atoms with van der Waals surface area (Å²) in [6.07, 6.45) is 1.03. The highest BCUT2D eigenvalue weighted by molar-refractivity contribution is 6.42. The highest BCUT2D eigenvalue weighted by Gasteiger charge is 2.40. The predicted molar refractivity (Wildman–Crippen MR) is 99.7 cm³/mol. The number of nitrogens with zero attached hydrogens (tertiary/aromatic N) is 1. The Morgan fingerprint density at radius 3 is 2.58 bits per heavy atom. The maximum atomic E-state index is 12.7. The van der Waals surface area contributed by atoms with E-state index in [1.54, 1.807) is 42.3 Å². The Bertz CT molecular complexity index is 914. The van der Waals surface area contributed by atoms with Crippen molar-refractivity contribution in [2.75, 3.05) is 7.05 Å². The van der Waals surface area contributed by atoms with E-state index in [-0.39, 0.29) is 29.9 Å². The zero-order chi connectivity index (χ0) is 19.0. The number of carbonyl (C=O) groups is 3. The first-order chi connectivity index (χ1) is 12.3. The van der Waals surface area contributed by atoms with Gasteiger partial charge in [-0.1, -0.05) is 35.3 Å². The van der Waals surface area contributed by atoms with Crippen LogP contribution in [0.25, 0.3) is 0 Å². The molecule has 0 fully saturated rings. The minimum atomic E-state index is -0.597. The number of benzene rings is 2. The van der Waals surface area contributed by atoms with Crippen molar-refractivity contribution in [3.05, 3.63) is 68.7 Å². The molecule has 1 aliphatic heterocycles. The number of hydrogen-bond acceptors (Lipinski definition) is 3. The molecule has 2 N–H and O–H groups in total. The van der Waals surface area contributed by atoms with Crippen LogP contribution in [-0.4, -0.2) is 30.0 Å². The number of primary amides is 1. The summed E-state index contributed by atoms with van der Waals surface area (Å²) in [4.78, 5) is 37.0. The molecule has 2 atom stereocenters. The molecule has 0 radical (unpaired) electrons. The summed E-state index contributed by atoms with van der Waals surface area (Å²) in [5, 5.41) is 0.805. The minimum absolute atomic E-state index is 0.206. The molecule has 1 heterocycles. The van der Waals surface area contributed by atoms with Gasteiger partial charge in [-0.25, -0.2) is 0 Å². The number of likely N-dealkylation sites (N-methyl/N-ethyl adjacent to an activating group) is 1. The summed E-state index contributed by atoms with van der Waals surface area (Å²) in [6.45, 7) is 0. The van der Waals surface area contributed by atoms with Gasteiger partial charge in [0.25, 0.3) is 5.91 Å². The molecule has 0 spiro atoms. The van der Waals surface area contributed by atoms with Crippen LogP contribution in [0.2, 0.25) is 10.0 Å². The second kappa shape index (κ2) is 7.09. The van der Waals surface area contributed by atoms with Gasteiger partial charge >= 0.3 is 0 Å². The van der Waals surface area contributed by atoms with Crippen LogP contribution in [0.15, 0.2) is 36.4 Å². The third-order valence-electron chi connectivity index (χ3n) is 4.73. The van der Waals surface area contributed by atoms with E-state index in [1.165, 1.54) is 6.07 Å². The Balaban J connectivity index is 2.11. The van der Waals surface area contributed by atoms with E-state index < -0.39 is 5.91 Å². The molecule has 0 aromatic heterocycles. The third kappa shape index (κ3) is 3.08. The average Bonchev–Trinajstić information content (AvgIpc) is 2.86. The second-order valence-corrected chi connectivity index (χ2v) is 7.02. The summed E-state index contributed by atoms with van der Waals surface area (Å²) in [5.41, 5.74) is 7.57. The Hall–Kier alpha value is -2.37. The standard InChI is InChI=1S/C19H16Cl2N2O3/c1-23-17(12(6-7-24)10-3-5-15(20)16(21)9-10)13-4-2-11(18(22)25)8-14(13)19(23)26/h2-5,7-9,12,17H,6H2,1H3,(H2,22,25). The highest BCUT2D eigenvalue weighted by Crippen LogP contribution is 2.44. The van der Waals surface area contributed by atoms with Crippen molar-refractivity contribution in [2.24, 2.45) is 5.73 Å². The van der Waals surface area contributed by atoms with E-state index in [0.29, 0.717) is 15.6 Å². The molecule has 3 rings (SSSR count). The quantitative estimate of drug-likeness (QED) is 0.791. The Morgan fingerprint density at radius 2 is 1.96 bits per heavy atom. The monoisotopic (exact) mass is 390 g/mol. The van der Waals surface area contributed by atoms with Gasteiger partial charge in [0.05, 0.1) is 16.1 Å². The van der Waals surface area contributed by atoms with E-state index >= 15 is 0 Å². The molecular weight excluding hydrogens is 375 g/mol. The van der Waals surface area contributed by atoms with Gasteiger partial charge in [-0.15, -0.1) is 0 Å². The van der Waals surface area contributed by atoms with E-state index in [1.807, 2.05) is 0 Å². The minimum Gasteiger partial charge on any atom is -0.366 e. The van der Waals surface area contributed by atoms with Crippen LogP contribution in [0, 0.1) is 0 Å². The van der Waals surface area contributed by atoms with Crippen LogP contribution < -0.4 is 5.73 Å². The van der Waals surface area contributed by atoms with Gasteiger partial charge in [-0.2, -0.15) is 0 Å². The lowest BCUT2D eigenvalue weighted by Gasteiger charge is -2.29. The van der Waals surface area contributed by atoms with Gasteiger partial charge in [0, 0.05) is 30.5 Å². The number of rotatable bonds is 5. The zero-order valence-corrected chi connectivity index (χ0v) is 15.4. The van der Waals surface area contributed by atoms with E-state index in [0.717, 1.165) is 17.4 Å². The average molecular weight is 391 g/mol. The lowest BCUT2D eigenvalue weighted by Crippen LogP contribution is -2.28. The molecule has 2 unspecified atom stereocenters. The Morgan fingerprint density at radius 1 is 1.23 bits per heavy atom. The Kier molecular flexibility index (Phi) is 5.03. The number of amides is 2. The highest BCUT2D eigenvalue weighted by atomic mass is 35.5. The van der Waals surface area contributed by atoms with Crippen molar-refractivity contribution < 1.29 is 14.4 Å². The molecule has 2 amide bonds. The van der Waals surface area contributed by atoms with Crippen LogP contribution in [0.3, 0.4) is 0 Å². The molecule has 2 aromatic rings. The lowest BCUT2D eigenvalue weighted by molar-refractivity contribution is -0.108. The summed E-state index contributed by atoms with van der Waals surface area (Å²) in [5.74, 6) is -1.11. The summed E-state index contributed by atoms with van der Waals surface area (Å²) in [7, 11) is 1.67. The first-order valence-electron chi connectivity index (χ1n) is 7.94. The normalized spacial score (nSPS) is 17.1. The van der Waals surface area contributed by atoms with Gasteiger partial charge in [0.2, 0.25) is 5.91 Å². The van der Waals surface area contributed by atoms with Crippen LogP contribution in [0.1, 0.15) is 50.2 Å². The van der Waals surface area contributed by atoms with Crippen molar-refractivity contribution >= 4 is 41.3 Å². The fourth-order valence-electron chi connectivity index (χ4n) is 3.46. The number of nitrogens with two attached hydrogens (primary N) is 1. The van der Waals surface area contributed by atoms with Gasteiger partial charge in [0.1, 0.15) is 6.29 Å². The molecule has 0 aliphatic carbocycles. The van der Waals surface area contributed by atoms with Gasteiger partial charge in [-0.3, -0.25) is 9.59 Å². The molecule has 7 heteroatoms. The fraction of sp³-hybridized carbons (Fsp3) is 0.211. The number of hydrogen-bond donors (Lipinski definition) is 1. The van der Waals surface area contributed by atoms with Crippen molar-refractivity contribution in [1.29, 1.82) is 0 Å². The number of aldehydes is 1. The van der Waals surface area contributed by atoms with Crippen molar-refractivity contribution in [3.8, 4) is 0 Å². The molecule has 2 aromatic carbocycles. The summed E-state index contributed by atoms with van der Waals surface area (Å²) in [6, 6.07) is 9.64. The van der Waals surface area contributed by atoms with Gasteiger partial charge in [-0.05, 0) is 35.4 Å². The molecule has 0 saturated carbocycles. The molecular formula is C19H16Cl2N2O3. The van der Waals surface area contributed by atoms with Crippen LogP contribution in [-0.2, 0) is 4.79 Å². The number of carbonyl (C=O) groups excluding carboxylic acids is 3. The lowest BCUT2D eigenvalue weighted by atomic mass is 9.84. The molecule has 1 aliphatic rings. The first-order valence-corrected chi connectivity index (χ1v) is 8.70. The first kappa shape index (κ1) is 18.4. The van der Waals surface area contributed by atoms with Crippen molar-refractivity contribution in [3.63, 3.8) is 0 Å². The molecule has 0 bridgehead atoms. The van der Waals surface area contributed by atoms with E-state index in [9.17, 15) is 14.4 Å². The van der Waals surface area contributed by atoms with Gasteiger partial charge in [0.15, 0.2) is 0 Å². The number of fused-ring (bicyclic) bond motifs is 1. The maximum Gasteiger partial charge on any atom is 0.254 e. The van der Waals surface area contributed by atoms with E-state index in [2.05, 4.69) is 0 Å². The predicted octanol–water partition coefficient (Wildman–Crippen LogP) is 3.59. The van der Waals surface area contributed by atoms with Crippen LogP contribution in [0.5, 0.6) is 0 Å². The largest absolute Gasteiger partial charge is 0.366 e. The SMILES string of the molecule is CN1C(=O)c2cc(C(N)=O)ccc2C1C(CC=O)c1ccc(Cl)c(Cl)c1. The Labute approximate surface area is 160 Å². The molecule has 5 nitrogen and oxygen atoms in total. The molecule has 134 valence electrons. The zero-order valence-electron chi connectivity index (χ0n) is 13.9. The maximum absolute atomic E-state index is 12.7. The van der Waals surface area contributed by atoms with Crippen LogP contribution in [0.4, 0.5) is 0 Å². The fourth-order valence-corrected chi connectivity index (χ4v) is 3.76. The smallest absolute Gasteiger partial charge is 0.254 e.